The van der Waals surface area contributed by atoms with Crippen LogP contribution in [0.5, 0.6) is 0 Å². The molecule has 0 unspecified atom stereocenters. The molecule has 0 bridgehead atoms. The van der Waals surface area contributed by atoms with E-state index < -0.39 is 0 Å². The third-order valence-electron chi connectivity index (χ3n) is 1.98. The molecule has 0 saturated carbocycles. The molecule has 0 aromatic heterocycles. The van der Waals surface area contributed by atoms with E-state index in [1.807, 2.05) is 0 Å². The predicted molar refractivity (Wildman–Crippen MR) is 62.6 cm³/mol. The monoisotopic (exact) mass is 242 g/mol. The molecule has 0 rings (SSSR count). The van der Waals surface area contributed by atoms with E-state index in [1.165, 1.54) is 44.9 Å². The first-order valence-electron chi connectivity index (χ1n) is 4.97. The van der Waals surface area contributed by atoms with E-state index in [1.54, 1.807) is 0 Å². The van der Waals surface area contributed by atoms with E-state index in [-0.39, 0.29) is 51.4 Å². The number of hydrogen-bond acceptors (Lipinski definition) is 2. The first kappa shape index (κ1) is 17.3. The summed E-state index contributed by atoms with van der Waals surface area (Å²) in [4.78, 5) is 0. The fourth-order valence-electron chi connectivity index (χ4n) is 1.23. The molecule has 0 aliphatic carbocycles. The second-order valence-corrected chi connectivity index (χ2v) is 4.49. The van der Waals surface area contributed by atoms with Gasteiger partial charge in [0.15, 0.2) is 0 Å². The standard InChI is InChI=1S/C10H20S2.K/c1-2-3-4-5-6-7-8-9-10(11)12;/h2-9H2,1H3,(H,11,12);/q;+1/p-1. The third kappa shape index (κ3) is 16.6. The Morgan fingerprint density at radius 3 is 1.92 bits per heavy atom. The van der Waals surface area contributed by atoms with Crippen LogP contribution in [0.1, 0.15) is 58.3 Å². The van der Waals surface area contributed by atoms with Crippen molar-refractivity contribution in [1.29, 1.82) is 0 Å². The third-order valence-corrected chi connectivity index (χ3v) is 2.39. The molecule has 0 atom stereocenters. The maximum absolute atomic E-state index is 4.83. The van der Waals surface area contributed by atoms with Crippen molar-refractivity contribution in [2.75, 3.05) is 0 Å². The number of hydrogen-bond donors (Lipinski definition) is 0. The maximum atomic E-state index is 4.83. The minimum atomic E-state index is 0. The topological polar surface area (TPSA) is 0 Å². The summed E-state index contributed by atoms with van der Waals surface area (Å²) in [5, 5.41) is 0. The molecular weight excluding hydrogens is 223 g/mol. The molecule has 0 amide bonds. The van der Waals surface area contributed by atoms with Crippen molar-refractivity contribution < 1.29 is 51.4 Å². The van der Waals surface area contributed by atoms with Crippen LogP contribution in [0, 0.1) is 0 Å². The van der Waals surface area contributed by atoms with Crippen LogP contribution in [0.15, 0.2) is 0 Å². The molecule has 3 heteroatoms. The predicted octanol–water partition coefficient (Wildman–Crippen LogP) is 1.01. The quantitative estimate of drug-likeness (QED) is 0.270. The van der Waals surface area contributed by atoms with Crippen LogP contribution in [-0.2, 0) is 12.6 Å². The van der Waals surface area contributed by atoms with Crippen LogP contribution < -0.4 is 51.4 Å². The van der Waals surface area contributed by atoms with Gasteiger partial charge in [-0.3, -0.25) is 0 Å². The normalized spacial score (nSPS) is 9.31. The van der Waals surface area contributed by atoms with Crippen LogP contribution in [0.25, 0.3) is 0 Å². The molecule has 0 heterocycles. The molecule has 0 N–H and O–H groups in total. The van der Waals surface area contributed by atoms with Crippen LogP contribution in [0.2, 0.25) is 0 Å². The van der Waals surface area contributed by atoms with Gasteiger partial charge >= 0.3 is 51.4 Å². The van der Waals surface area contributed by atoms with Crippen molar-refractivity contribution in [3.8, 4) is 0 Å². The van der Waals surface area contributed by atoms with Crippen molar-refractivity contribution in [2.45, 2.75) is 58.3 Å². The number of thiocarbonyl (C=S) groups is 1. The zero-order valence-electron chi connectivity index (χ0n) is 8.97. The van der Waals surface area contributed by atoms with Gasteiger partial charge in [-0.1, -0.05) is 51.9 Å². The molecule has 13 heavy (non-hydrogen) atoms. The summed E-state index contributed by atoms with van der Waals surface area (Å²) in [7, 11) is 0. The summed E-state index contributed by atoms with van der Waals surface area (Å²) in [6.07, 6.45) is 10.3. The van der Waals surface area contributed by atoms with Gasteiger partial charge in [-0.25, -0.2) is 0 Å². The molecule has 0 aliphatic rings. The first-order valence-corrected chi connectivity index (χ1v) is 5.79. The smallest absolute Gasteiger partial charge is 0.433 e. The molecule has 0 nitrogen and oxygen atoms in total. The van der Waals surface area contributed by atoms with Gasteiger partial charge in [-0.15, -0.1) is 0 Å². The number of rotatable bonds is 8. The van der Waals surface area contributed by atoms with Gasteiger partial charge in [0.05, 0.1) is 0 Å². The molecular formula is C10H19KS2. The summed E-state index contributed by atoms with van der Waals surface area (Å²) in [6, 6.07) is 0. The van der Waals surface area contributed by atoms with Crippen LogP contribution in [-0.4, -0.2) is 4.20 Å². The summed E-state index contributed by atoms with van der Waals surface area (Å²) >= 11 is 9.66. The van der Waals surface area contributed by atoms with Gasteiger partial charge in [-0.2, -0.15) is 4.20 Å². The van der Waals surface area contributed by atoms with Crippen LogP contribution >= 0.6 is 12.2 Å². The second kappa shape index (κ2) is 13.9. The summed E-state index contributed by atoms with van der Waals surface area (Å²) in [5.74, 6) is 0. The van der Waals surface area contributed by atoms with E-state index in [2.05, 4.69) is 6.92 Å². The van der Waals surface area contributed by atoms with Gasteiger partial charge in [0.1, 0.15) is 0 Å². The Kier molecular flexibility index (Phi) is 18.6. The minimum Gasteiger partial charge on any atom is -0.433 e. The molecule has 0 fully saturated rings. The Morgan fingerprint density at radius 1 is 1.00 bits per heavy atom. The second-order valence-electron chi connectivity index (χ2n) is 3.24. The summed E-state index contributed by atoms with van der Waals surface area (Å²) in [5.41, 5.74) is 0. The fourth-order valence-corrected chi connectivity index (χ4v) is 1.52. The molecule has 0 aliphatic heterocycles. The molecule has 0 aromatic rings. The van der Waals surface area contributed by atoms with Crippen molar-refractivity contribution >= 4 is 29.0 Å². The van der Waals surface area contributed by atoms with Gasteiger partial charge < -0.3 is 24.8 Å². The van der Waals surface area contributed by atoms with Crippen LogP contribution in [0.3, 0.4) is 0 Å². The van der Waals surface area contributed by atoms with Gasteiger partial charge in [0, 0.05) is 0 Å². The average Bonchev–Trinajstić information content (AvgIpc) is 2.02. The Balaban J connectivity index is 0. The fraction of sp³-hybridized carbons (Fsp3) is 0.900. The van der Waals surface area contributed by atoms with Crippen LogP contribution in [0.4, 0.5) is 0 Å². The van der Waals surface area contributed by atoms with E-state index >= 15 is 0 Å². The Hall–Kier alpha value is 1.95. The van der Waals surface area contributed by atoms with Gasteiger partial charge in [0.2, 0.25) is 0 Å². The van der Waals surface area contributed by atoms with Gasteiger partial charge in [0.25, 0.3) is 0 Å². The van der Waals surface area contributed by atoms with Crippen molar-refractivity contribution in [3.05, 3.63) is 0 Å². The zero-order valence-corrected chi connectivity index (χ0v) is 13.7. The van der Waals surface area contributed by atoms with Crippen molar-refractivity contribution in [3.63, 3.8) is 0 Å². The number of unbranched alkanes of at least 4 members (excludes halogenated alkanes) is 6. The van der Waals surface area contributed by atoms with Crippen molar-refractivity contribution in [1.82, 2.24) is 0 Å². The van der Waals surface area contributed by atoms with Crippen molar-refractivity contribution in [2.24, 2.45) is 0 Å². The molecule has 0 saturated heterocycles. The Morgan fingerprint density at radius 2 is 1.46 bits per heavy atom. The van der Waals surface area contributed by atoms with E-state index in [0.717, 1.165) is 10.6 Å². The SMILES string of the molecule is CCCCCCCCCC(=S)[S-].[K+]. The average molecular weight is 242 g/mol. The Labute approximate surface area is 136 Å². The first-order chi connectivity index (χ1) is 5.77. The Bertz CT molecular complexity index is 115. The zero-order chi connectivity index (χ0) is 9.23. The molecule has 72 valence electrons. The molecule has 0 spiro atoms. The molecule has 0 aromatic carbocycles. The molecule has 0 radical (unpaired) electrons. The maximum Gasteiger partial charge on any atom is 1.00 e. The summed E-state index contributed by atoms with van der Waals surface area (Å²) in [6.45, 7) is 2.25. The summed E-state index contributed by atoms with van der Waals surface area (Å²) < 4.78 is 0.753. The largest absolute Gasteiger partial charge is 1.00 e. The van der Waals surface area contributed by atoms with E-state index in [4.69, 9.17) is 24.8 Å². The minimum absolute atomic E-state index is 0. The van der Waals surface area contributed by atoms with E-state index in [9.17, 15) is 0 Å². The van der Waals surface area contributed by atoms with Gasteiger partial charge in [-0.05, 0) is 6.42 Å². The van der Waals surface area contributed by atoms with E-state index in [0.29, 0.717) is 0 Å².